The predicted molar refractivity (Wildman–Crippen MR) is 72.9 cm³/mol. The lowest BCUT2D eigenvalue weighted by Gasteiger charge is -2.24. The van der Waals surface area contributed by atoms with Crippen LogP contribution >= 0.6 is 0 Å². The van der Waals surface area contributed by atoms with E-state index in [2.05, 4.69) is 4.98 Å². The monoisotopic (exact) mass is 254 g/mol. The van der Waals surface area contributed by atoms with Gasteiger partial charge in [0.1, 0.15) is 5.69 Å². The highest BCUT2D eigenvalue weighted by atomic mass is 16.6. The summed E-state index contributed by atoms with van der Waals surface area (Å²) in [4.78, 5) is 15.3. The smallest absolute Gasteiger partial charge is 0.258 e. The van der Waals surface area contributed by atoms with E-state index in [1.165, 1.54) is 6.42 Å². The van der Waals surface area contributed by atoms with Crippen LogP contribution in [0.25, 0.3) is 11.3 Å². The first kappa shape index (κ1) is 11.8. The highest BCUT2D eigenvalue weighted by molar-refractivity contribution is 5.69. The summed E-state index contributed by atoms with van der Waals surface area (Å²) in [5, 5.41) is 11.1. The largest absolute Gasteiger partial charge is 0.295 e. The highest BCUT2D eigenvalue weighted by Gasteiger charge is 2.24. The molecular formula is C15H14N2O2. The van der Waals surface area contributed by atoms with E-state index < -0.39 is 0 Å². The Morgan fingerprint density at radius 2 is 1.84 bits per heavy atom. The van der Waals surface area contributed by atoms with Crippen molar-refractivity contribution in [2.24, 2.45) is 0 Å². The summed E-state index contributed by atoms with van der Waals surface area (Å²) in [7, 11) is 0. The Hall–Kier alpha value is -2.23. The van der Waals surface area contributed by atoms with Crippen molar-refractivity contribution in [2.75, 3.05) is 0 Å². The minimum Gasteiger partial charge on any atom is -0.258 e. The molecule has 1 fully saturated rings. The molecule has 0 aliphatic heterocycles. The van der Waals surface area contributed by atoms with E-state index in [0.29, 0.717) is 11.6 Å². The van der Waals surface area contributed by atoms with E-state index in [1.807, 2.05) is 30.3 Å². The second kappa shape index (κ2) is 4.80. The SMILES string of the molecule is O=[N+]([O-])c1ccc(C2CCC2)nc1-c1ccccc1. The molecule has 1 heterocycles. The zero-order valence-electron chi connectivity index (χ0n) is 10.5. The summed E-state index contributed by atoms with van der Waals surface area (Å²) in [6.07, 6.45) is 3.50. The van der Waals surface area contributed by atoms with Crippen LogP contribution in [0.3, 0.4) is 0 Å². The van der Waals surface area contributed by atoms with Gasteiger partial charge < -0.3 is 0 Å². The van der Waals surface area contributed by atoms with Crippen molar-refractivity contribution in [1.29, 1.82) is 0 Å². The van der Waals surface area contributed by atoms with Gasteiger partial charge in [-0.05, 0) is 18.9 Å². The van der Waals surface area contributed by atoms with Gasteiger partial charge in [0.05, 0.1) is 4.92 Å². The second-order valence-corrected chi connectivity index (χ2v) is 4.85. The molecule has 1 saturated carbocycles. The molecule has 0 radical (unpaired) electrons. The van der Waals surface area contributed by atoms with E-state index in [0.717, 1.165) is 24.1 Å². The lowest BCUT2D eigenvalue weighted by molar-refractivity contribution is -0.384. The lowest BCUT2D eigenvalue weighted by Crippen LogP contribution is -2.11. The number of hydrogen-bond acceptors (Lipinski definition) is 3. The number of pyridine rings is 1. The first-order chi connectivity index (χ1) is 9.25. The molecule has 0 bridgehead atoms. The van der Waals surface area contributed by atoms with Gasteiger partial charge in [-0.1, -0.05) is 36.8 Å². The predicted octanol–water partition coefficient (Wildman–Crippen LogP) is 3.92. The molecule has 1 aromatic heterocycles. The molecule has 96 valence electrons. The van der Waals surface area contributed by atoms with Crippen molar-refractivity contribution >= 4 is 5.69 Å². The van der Waals surface area contributed by atoms with E-state index in [-0.39, 0.29) is 10.6 Å². The Kier molecular flexibility index (Phi) is 2.99. The van der Waals surface area contributed by atoms with E-state index >= 15 is 0 Å². The molecule has 0 N–H and O–H groups in total. The Bertz CT molecular complexity index is 607. The molecular weight excluding hydrogens is 240 g/mol. The minimum atomic E-state index is -0.361. The molecule has 0 amide bonds. The minimum absolute atomic E-state index is 0.0780. The topological polar surface area (TPSA) is 56.0 Å². The number of benzene rings is 1. The van der Waals surface area contributed by atoms with E-state index in [4.69, 9.17) is 0 Å². The molecule has 2 aromatic rings. The Morgan fingerprint density at radius 1 is 1.11 bits per heavy atom. The third-order valence-corrected chi connectivity index (χ3v) is 3.66. The Morgan fingerprint density at radius 3 is 2.42 bits per heavy atom. The third-order valence-electron chi connectivity index (χ3n) is 3.66. The van der Waals surface area contributed by atoms with Crippen molar-refractivity contribution < 1.29 is 4.92 Å². The van der Waals surface area contributed by atoms with Gasteiger partial charge in [0.2, 0.25) is 0 Å². The van der Waals surface area contributed by atoms with Gasteiger partial charge in [0.15, 0.2) is 0 Å². The fourth-order valence-electron chi connectivity index (χ4n) is 2.35. The zero-order chi connectivity index (χ0) is 13.2. The lowest BCUT2D eigenvalue weighted by atomic mass is 9.82. The van der Waals surface area contributed by atoms with Crippen LogP contribution in [-0.4, -0.2) is 9.91 Å². The van der Waals surface area contributed by atoms with Gasteiger partial charge in [0.25, 0.3) is 5.69 Å². The summed E-state index contributed by atoms with van der Waals surface area (Å²) in [6, 6.07) is 12.7. The number of nitrogens with zero attached hydrogens (tertiary/aromatic N) is 2. The maximum absolute atomic E-state index is 11.1. The Balaban J connectivity index is 2.10. The van der Waals surface area contributed by atoms with E-state index in [1.54, 1.807) is 12.1 Å². The quantitative estimate of drug-likeness (QED) is 0.616. The van der Waals surface area contributed by atoms with E-state index in [9.17, 15) is 10.1 Å². The van der Waals surface area contributed by atoms with Crippen LogP contribution in [0, 0.1) is 10.1 Å². The number of aromatic nitrogens is 1. The average molecular weight is 254 g/mol. The fourth-order valence-corrected chi connectivity index (χ4v) is 2.35. The van der Waals surface area contributed by atoms with Gasteiger partial charge in [-0.25, -0.2) is 4.98 Å². The van der Waals surface area contributed by atoms with Crippen LogP contribution in [0.2, 0.25) is 0 Å². The van der Waals surface area contributed by atoms with Crippen molar-refractivity contribution in [3.63, 3.8) is 0 Å². The Labute approximate surface area is 111 Å². The average Bonchev–Trinajstić information content (AvgIpc) is 2.37. The van der Waals surface area contributed by atoms with Crippen molar-refractivity contribution in [3.05, 3.63) is 58.3 Å². The number of rotatable bonds is 3. The van der Waals surface area contributed by atoms with Crippen LogP contribution in [0.1, 0.15) is 30.9 Å². The molecule has 0 spiro atoms. The molecule has 19 heavy (non-hydrogen) atoms. The van der Waals surface area contributed by atoms with Gasteiger partial charge >= 0.3 is 0 Å². The number of nitro groups is 1. The van der Waals surface area contributed by atoms with Gasteiger partial charge in [-0.15, -0.1) is 0 Å². The van der Waals surface area contributed by atoms with Crippen molar-refractivity contribution in [3.8, 4) is 11.3 Å². The molecule has 0 saturated heterocycles. The molecule has 1 aliphatic carbocycles. The van der Waals surface area contributed by atoms with Crippen LogP contribution < -0.4 is 0 Å². The summed E-state index contributed by atoms with van der Waals surface area (Å²) in [5.74, 6) is 0.475. The zero-order valence-corrected chi connectivity index (χ0v) is 10.5. The highest BCUT2D eigenvalue weighted by Crippen LogP contribution is 2.37. The van der Waals surface area contributed by atoms with Crippen molar-refractivity contribution in [2.45, 2.75) is 25.2 Å². The summed E-state index contributed by atoms with van der Waals surface area (Å²) >= 11 is 0. The van der Waals surface area contributed by atoms with Crippen LogP contribution in [-0.2, 0) is 0 Å². The van der Waals surface area contributed by atoms with Crippen LogP contribution in [0.15, 0.2) is 42.5 Å². The van der Waals surface area contributed by atoms with Crippen LogP contribution in [0.5, 0.6) is 0 Å². The van der Waals surface area contributed by atoms with Gasteiger partial charge in [0, 0.05) is 23.2 Å². The maximum atomic E-state index is 11.1. The number of hydrogen-bond donors (Lipinski definition) is 0. The first-order valence-corrected chi connectivity index (χ1v) is 6.46. The van der Waals surface area contributed by atoms with Crippen LogP contribution in [0.4, 0.5) is 5.69 Å². The molecule has 3 rings (SSSR count). The molecule has 0 atom stereocenters. The fraction of sp³-hybridized carbons (Fsp3) is 0.267. The first-order valence-electron chi connectivity index (χ1n) is 6.46. The standard InChI is InChI=1S/C15H14N2O2/c18-17(19)14-10-9-13(11-7-4-8-11)16-15(14)12-5-2-1-3-6-12/h1-3,5-6,9-11H,4,7-8H2. The van der Waals surface area contributed by atoms with Gasteiger partial charge in [-0.3, -0.25) is 10.1 Å². The van der Waals surface area contributed by atoms with Gasteiger partial charge in [-0.2, -0.15) is 0 Å². The molecule has 4 heteroatoms. The molecule has 4 nitrogen and oxygen atoms in total. The molecule has 1 aromatic carbocycles. The molecule has 0 unspecified atom stereocenters. The summed E-state index contributed by atoms with van der Waals surface area (Å²) < 4.78 is 0. The van der Waals surface area contributed by atoms with Crippen molar-refractivity contribution in [1.82, 2.24) is 4.98 Å². The normalized spacial score (nSPS) is 14.9. The molecule has 1 aliphatic rings. The summed E-state index contributed by atoms with van der Waals surface area (Å²) in [5.41, 5.74) is 2.34. The third kappa shape index (κ3) is 2.21. The summed E-state index contributed by atoms with van der Waals surface area (Å²) in [6.45, 7) is 0. The maximum Gasteiger partial charge on any atom is 0.295 e. The second-order valence-electron chi connectivity index (χ2n) is 4.85.